The predicted molar refractivity (Wildman–Crippen MR) is 82.0 cm³/mol. The van der Waals surface area contributed by atoms with Gasteiger partial charge in [0.25, 0.3) is 0 Å². The van der Waals surface area contributed by atoms with Crippen LogP contribution in [0, 0.1) is 0 Å². The molecule has 0 aromatic heterocycles. The second-order valence-electron chi connectivity index (χ2n) is 4.30. The molecule has 1 heterocycles. The summed E-state index contributed by atoms with van der Waals surface area (Å²) in [5.41, 5.74) is 0.648. The lowest BCUT2D eigenvalue weighted by Gasteiger charge is -2.27. The third-order valence-electron chi connectivity index (χ3n) is 3.12. The molecule has 0 saturated carbocycles. The van der Waals surface area contributed by atoms with Gasteiger partial charge >= 0.3 is 0 Å². The fourth-order valence-corrected chi connectivity index (χ4v) is 4.79. The van der Waals surface area contributed by atoms with Crippen LogP contribution in [-0.4, -0.2) is 42.0 Å². The number of hydrogen-bond donors (Lipinski definition) is 0. The first-order valence-corrected chi connectivity index (χ1v) is 8.26. The first-order valence-electron chi connectivity index (χ1n) is 6.17. The van der Waals surface area contributed by atoms with E-state index >= 15 is 0 Å². The standard InChI is InChI=1S/C14H18O3S2/c1-9-14(19-7-6-18-9)13(15)11-5-4-10(16-2)8-12(11)17-3/h4-5,8-9,14H,6-7H2,1-3H3. The van der Waals surface area contributed by atoms with Crippen molar-refractivity contribution in [3.63, 3.8) is 0 Å². The molecule has 5 heteroatoms. The molecule has 1 aromatic rings. The van der Waals surface area contributed by atoms with Crippen molar-refractivity contribution in [1.82, 2.24) is 0 Å². The van der Waals surface area contributed by atoms with E-state index in [1.807, 2.05) is 11.8 Å². The molecule has 2 rings (SSSR count). The molecule has 0 radical (unpaired) electrons. The summed E-state index contributed by atoms with van der Waals surface area (Å²) in [6.07, 6.45) is 0. The Morgan fingerprint density at radius 1 is 1.21 bits per heavy atom. The van der Waals surface area contributed by atoms with E-state index in [0.29, 0.717) is 22.3 Å². The highest BCUT2D eigenvalue weighted by Crippen LogP contribution is 2.35. The monoisotopic (exact) mass is 298 g/mol. The number of rotatable bonds is 4. The highest BCUT2D eigenvalue weighted by Gasteiger charge is 2.31. The van der Waals surface area contributed by atoms with E-state index in [9.17, 15) is 4.79 Å². The molecule has 1 saturated heterocycles. The SMILES string of the molecule is COc1ccc(C(=O)C2SCCSC2C)c(OC)c1. The summed E-state index contributed by atoms with van der Waals surface area (Å²) in [6.45, 7) is 2.12. The van der Waals surface area contributed by atoms with Crippen molar-refractivity contribution in [3.05, 3.63) is 23.8 Å². The average Bonchev–Trinajstić information content (AvgIpc) is 2.46. The molecule has 1 aliphatic rings. The molecule has 3 nitrogen and oxygen atoms in total. The Morgan fingerprint density at radius 3 is 2.58 bits per heavy atom. The summed E-state index contributed by atoms with van der Waals surface area (Å²) in [6, 6.07) is 5.37. The maximum atomic E-state index is 12.6. The van der Waals surface area contributed by atoms with Gasteiger partial charge in [-0.1, -0.05) is 6.92 Å². The summed E-state index contributed by atoms with van der Waals surface area (Å²) in [5, 5.41) is 0.360. The third kappa shape index (κ3) is 3.20. The Labute approximate surface area is 122 Å². The topological polar surface area (TPSA) is 35.5 Å². The summed E-state index contributed by atoms with van der Waals surface area (Å²) in [5.74, 6) is 3.60. The zero-order valence-corrected chi connectivity index (χ0v) is 13.0. The maximum Gasteiger partial charge on any atom is 0.180 e. The van der Waals surface area contributed by atoms with Crippen LogP contribution in [0.25, 0.3) is 0 Å². The van der Waals surface area contributed by atoms with Crippen molar-refractivity contribution in [2.75, 3.05) is 25.7 Å². The zero-order chi connectivity index (χ0) is 13.8. The maximum absolute atomic E-state index is 12.6. The van der Waals surface area contributed by atoms with E-state index in [0.717, 1.165) is 11.5 Å². The molecule has 1 aromatic carbocycles. The van der Waals surface area contributed by atoms with Gasteiger partial charge in [-0.25, -0.2) is 0 Å². The van der Waals surface area contributed by atoms with Crippen LogP contribution in [0.15, 0.2) is 18.2 Å². The van der Waals surface area contributed by atoms with Crippen molar-refractivity contribution in [3.8, 4) is 11.5 Å². The normalized spacial score (nSPS) is 22.9. The Hall–Kier alpha value is -0.810. The number of methoxy groups -OCH3 is 2. The van der Waals surface area contributed by atoms with Crippen molar-refractivity contribution in [1.29, 1.82) is 0 Å². The van der Waals surface area contributed by atoms with E-state index in [2.05, 4.69) is 6.92 Å². The van der Waals surface area contributed by atoms with Crippen molar-refractivity contribution >= 4 is 29.3 Å². The van der Waals surface area contributed by atoms with Gasteiger partial charge in [0.15, 0.2) is 5.78 Å². The van der Waals surface area contributed by atoms with Gasteiger partial charge in [0.2, 0.25) is 0 Å². The number of carbonyl (C=O) groups is 1. The van der Waals surface area contributed by atoms with Gasteiger partial charge in [0, 0.05) is 22.8 Å². The van der Waals surface area contributed by atoms with Crippen LogP contribution >= 0.6 is 23.5 Å². The summed E-state index contributed by atoms with van der Waals surface area (Å²) >= 11 is 3.61. The molecule has 0 spiro atoms. The molecule has 1 fully saturated rings. The number of ether oxygens (including phenoxy) is 2. The lowest BCUT2D eigenvalue weighted by molar-refractivity contribution is 0.0986. The lowest BCUT2D eigenvalue weighted by Crippen LogP contribution is -2.31. The van der Waals surface area contributed by atoms with Gasteiger partial charge < -0.3 is 9.47 Å². The Kier molecular flexibility index (Phi) is 5.05. The van der Waals surface area contributed by atoms with Crippen molar-refractivity contribution in [2.24, 2.45) is 0 Å². The molecule has 0 aliphatic carbocycles. The minimum absolute atomic E-state index is 0.0149. The smallest absolute Gasteiger partial charge is 0.180 e. The summed E-state index contributed by atoms with van der Waals surface area (Å²) in [7, 11) is 3.18. The molecule has 0 bridgehead atoms. The number of ketones is 1. The predicted octanol–water partition coefficient (Wildman–Crippen LogP) is 3.12. The summed E-state index contributed by atoms with van der Waals surface area (Å²) < 4.78 is 10.5. The average molecular weight is 298 g/mol. The van der Waals surface area contributed by atoms with Crippen molar-refractivity contribution < 1.29 is 14.3 Å². The lowest BCUT2D eigenvalue weighted by atomic mass is 10.0. The highest BCUT2D eigenvalue weighted by atomic mass is 32.2. The second-order valence-corrected chi connectivity index (χ2v) is 7.03. The Morgan fingerprint density at radius 2 is 1.95 bits per heavy atom. The van der Waals surface area contributed by atoms with Gasteiger partial charge in [-0.05, 0) is 12.1 Å². The van der Waals surface area contributed by atoms with E-state index in [1.54, 1.807) is 44.2 Å². The van der Waals surface area contributed by atoms with Crippen LogP contribution in [0.4, 0.5) is 0 Å². The first kappa shape index (κ1) is 14.6. The van der Waals surface area contributed by atoms with Gasteiger partial charge in [0.1, 0.15) is 11.5 Å². The molecule has 2 unspecified atom stereocenters. The number of hydrogen-bond acceptors (Lipinski definition) is 5. The Bertz CT molecular complexity index is 462. The highest BCUT2D eigenvalue weighted by molar-refractivity contribution is 8.07. The fraction of sp³-hybridized carbons (Fsp3) is 0.500. The van der Waals surface area contributed by atoms with Gasteiger partial charge in [0.05, 0.1) is 25.0 Å². The largest absolute Gasteiger partial charge is 0.497 e. The molecule has 1 aliphatic heterocycles. The number of thioether (sulfide) groups is 2. The zero-order valence-electron chi connectivity index (χ0n) is 11.3. The molecule has 19 heavy (non-hydrogen) atoms. The number of carbonyl (C=O) groups excluding carboxylic acids is 1. The molecule has 2 atom stereocenters. The van der Waals surface area contributed by atoms with E-state index in [-0.39, 0.29) is 11.0 Å². The van der Waals surface area contributed by atoms with Crippen LogP contribution in [-0.2, 0) is 0 Å². The molecule has 104 valence electrons. The quantitative estimate of drug-likeness (QED) is 0.798. The molecule has 0 amide bonds. The van der Waals surface area contributed by atoms with Crippen LogP contribution in [0.3, 0.4) is 0 Å². The van der Waals surface area contributed by atoms with Gasteiger partial charge in [-0.15, -0.1) is 11.8 Å². The fourth-order valence-electron chi connectivity index (χ4n) is 2.08. The van der Waals surface area contributed by atoms with Crippen LogP contribution in [0.5, 0.6) is 11.5 Å². The van der Waals surface area contributed by atoms with Crippen LogP contribution in [0.1, 0.15) is 17.3 Å². The number of benzene rings is 1. The van der Waals surface area contributed by atoms with E-state index < -0.39 is 0 Å². The molecular formula is C14H18O3S2. The van der Waals surface area contributed by atoms with Gasteiger partial charge in [-0.2, -0.15) is 11.8 Å². The van der Waals surface area contributed by atoms with E-state index in [4.69, 9.17) is 9.47 Å². The summed E-state index contributed by atoms with van der Waals surface area (Å²) in [4.78, 5) is 12.6. The van der Waals surface area contributed by atoms with E-state index in [1.165, 1.54) is 0 Å². The van der Waals surface area contributed by atoms with Crippen LogP contribution in [0.2, 0.25) is 0 Å². The molecule has 0 N–H and O–H groups in total. The minimum atomic E-state index is 0.0149. The van der Waals surface area contributed by atoms with Crippen LogP contribution < -0.4 is 9.47 Å². The second kappa shape index (κ2) is 6.57. The first-order chi connectivity index (χ1) is 9.17. The Balaban J connectivity index is 2.27. The number of Topliss-reactive ketones (excluding diaryl/α,β-unsaturated/α-hetero) is 1. The van der Waals surface area contributed by atoms with Gasteiger partial charge in [-0.3, -0.25) is 4.79 Å². The molecular weight excluding hydrogens is 280 g/mol. The minimum Gasteiger partial charge on any atom is -0.497 e. The van der Waals surface area contributed by atoms with Crippen molar-refractivity contribution in [2.45, 2.75) is 17.4 Å². The third-order valence-corrected chi connectivity index (χ3v) is 6.21.